The van der Waals surface area contributed by atoms with Crippen LogP contribution in [0.4, 0.5) is 10.6 Å². The summed E-state index contributed by atoms with van der Waals surface area (Å²) in [6.07, 6.45) is 2.28. The van der Waals surface area contributed by atoms with Gasteiger partial charge in [-0.15, -0.1) is 0 Å². The third-order valence-corrected chi connectivity index (χ3v) is 7.54. The lowest BCUT2D eigenvalue weighted by Crippen LogP contribution is -2.59. The lowest BCUT2D eigenvalue weighted by Gasteiger charge is -2.29. The SMILES string of the molecule is CN(Cc1ccccc1)C(=O)C(c1ccccc1)n1cnc(NC(=O)C(COCc2ccccc2)NC(=O)C(C)(C)NC(=O)OC(C)(C)C)c1. The molecule has 3 N–H and O–H groups in total. The van der Waals surface area contributed by atoms with Crippen LogP contribution in [0.3, 0.4) is 0 Å². The number of rotatable bonds is 14. The molecule has 4 aromatic rings. The molecule has 0 aliphatic heterocycles. The van der Waals surface area contributed by atoms with Gasteiger partial charge in [0.05, 0.1) is 19.5 Å². The third-order valence-electron chi connectivity index (χ3n) is 7.54. The number of nitrogens with zero attached hydrogens (tertiary/aromatic N) is 3. The number of hydrogen-bond donors (Lipinski definition) is 3. The van der Waals surface area contributed by atoms with E-state index in [1.165, 1.54) is 20.2 Å². The van der Waals surface area contributed by atoms with Crippen molar-refractivity contribution in [3.8, 4) is 0 Å². The van der Waals surface area contributed by atoms with Gasteiger partial charge < -0.3 is 34.9 Å². The summed E-state index contributed by atoms with van der Waals surface area (Å²) in [5.74, 6) is -1.24. The first-order valence-electron chi connectivity index (χ1n) is 16.3. The second-order valence-electron chi connectivity index (χ2n) is 13.5. The summed E-state index contributed by atoms with van der Waals surface area (Å²) in [6.45, 7) is 8.58. The highest BCUT2D eigenvalue weighted by atomic mass is 16.6. The molecule has 0 fully saturated rings. The van der Waals surface area contributed by atoms with Crippen LogP contribution in [0.15, 0.2) is 104 Å². The van der Waals surface area contributed by atoms with E-state index in [9.17, 15) is 19.2 Å². The maximum atomic E-state index is 13.9. The minimum absolute atomic E-state index is 0.169. The van der Waals surface area contributed by atoms with Crippen molar-refractivity contribution in [2.75, 3.05) is 19.0 Å². The number of nitrogens with one attached hydrogen (secondary N) is 3. The molecule has 12 heteroatoms. The number of hydrogen-bond acceptors (Lipinski definition) is 7. The Labute approximate surface area is 293 Å². The zero-order chi connectivity index (χ0) is 36.3. The highest BCUT2D eigenvalue weighted by Crippen LogP contribution is 2.23. The third kappa shape index (κ3) is 11.0. The monoisotopic (exact) mass is 682 g/mol. The Morgan fingerprint density at radius 3 is 2.02 bits per heavy atom. The van der Waals surface area contributed by atoms with E-state index in [0.29, 0.717) is 6.54 Å². The van der Waals surface area contributed by atoms with E-state index >= 15 is 0 Å². The molecule has 3 aromatic carbocycles. The van der Waals surface area contributed by atoms with Crippen LogP contribution in [-0.4, -0.2) is 69.1 Å². The van der Waals surface area contributed by atoms with Crippen LogP contribution in [0.25, 0.3) is 0 Å². The predicted molar refractivity (Wildman–Crippen MR) is 190 cm³/mol. The minimum atomic E-state index is -1.43. The standard InChI is InChI=1S/C38H46N6O6/c1-37(2,3)50-36(48)42-38(4,5)35(47)40-30(25-49-24-28-18-12-8-13-19-28)33(45)41-31-23-44(26-39-31)32(29-20-14-9-15-21-29)34(46)43(6)22-27-16-10-7-11-17-27/h7-21,23,26,30,32H,22,24-25H2,1-6H3,(H,40,47)(H,41,45)(H,42,48). The molecule has 0 radical (unpaired) electrons. The van der Waals surface area contributed by atoms with Gasteiger partial charge in [-0.1, -0.05) is 91.0 Å². The molecule has 0 aliphatic rings. The summed E-state index contributed by atoms with van der Waals surface area (Å²) in [4.78, 5) is 59.4. The number of anilines is 1. The van der Waals surface area contributed by atoms with E-state index in [4.69, 9.17) is 9.47 Å². The molecule has 0 aliphatic carbocycles. The van der Waals surface area contributed by atoms with Crippen molar-refractivity contribution < 1.29 is 28.7 Å². The zero-order valence-electron chi connectivity index (χ0n) is 29.4. The molecular weight excluding hydrogens is 636 g/mol. The number of alkyl carbamates (subject to hydrolysis) is 1. The number of benzene rings is 3. The Kier molecular flexibility index (Phi) is 12.5. The van der Waals surface area contributed by atoms with Gasteiger partial charge in [-0.25, -0.2) is 9.78 Å². The predicted octanol–water partition coefficient (Wildman–Crippen LogP) is 5.07. The van der Waals surface area contributed by atoms with Gasteiger partial charge in [0.15, 0.2) is 5.82 Å². The van der Waals surface area contributed by atoms with Crippen LogP contribution in [0.5, 0.6) is 0 Å². The smallest absolute Gasteiger partial charge is 0.408 e. The molecule has 50 heavy (non-hydrogen) atoms. The van der Waals surface area contributed by atoms with Gasteiger partial charge in [-0.05, 0) is 51.3 Å². The minimum Gasteiger partial charge on any atom is -0.444 e. The number of ether oxygens (including phenoxy) is 2. The fraction of sp³-hybridized carbons (Fsp3) is 0.342. The van der Waals surface area contributed by atoms with Crippen molar-refractivity contribution in [1.82, 2.24) is 25.1 Å². The Hall–Kier alpha value is -5.49. The van der Waals surface area contributed by atoms with E-state index in [1.54, 1.807) is 43.5 Å². The molecule has 2 atom stereocenters. The van der Waals surface area contributed by atoms with Gasteiger partial charge in [-0.2, -0.15) is 0 Å². The number of carbonyl (C=O) groups excluding carboxylic acids is 4. The van der Waals surface area contributed by atoms with Crippen molar-refractivity contribution in [3.05, 3.63) is 120 Å². The first-order chi connectivity index (χ1) is 23.7. The van der Waals surface area contributed by atoms with Crippen LogP contribution in [0, 0.1) is 0 Å². The molecule has 1 heterocycles. The summed E-state index contributed by atoms with van der Waals surface area (Å²) in [6, 6.07) is 26.5. The fourth-order valence-corrected chi connectivity index (χ4v) is 4.98. The van der Waals surface area contributed by atoms with Crippen LogP contribution in [0.1, 0.15) is 57.4 Å². The largest absolute Gasteiger partial charge is 0.444 e. The maximum Gasteiger partial charge on any atom is 0.408 e. The van der Waals surface area contributed by atoms with Gasteiger partial charge in [0.1, 0.15) is 23.2 Å². The normalized spacial score (nSPS) is 12.7. The average molecular weight is 683 g/mol. The van der Waals surface area contributed by atoms with E-state index in [2.05, 4.69) is 20.9 Å². The second kappa shape index (κ2) is 16.8. The lowest BCUT2D eigenvalue weighted by atomic mass is 10.0. The summed E-state index contributed by atoms with van der Waals surface area (Å²) >= 11 is 0. The number of imidazole rings is 1. The highest BCUT2D eigenvalue weighted by Gasteiger charge is 2.35. The van der Waals surface area contributed by atoms with Gasteiger partial charge in [0.25, 0.3) is 5.91 Å². The molecule has 264 valence electrons. The molecule has 0 spiro atoms. The number of amides is 4. The van der Waals surface area contributed by atoms with Crippen molar-refractivity contribution in [1.29, 1.82) is 0 Å². The van der Waals surface area contributed by atoms with Crippen LogP contribution in [-0.2, 0) is 37.0 Å². The van der Waals surface area contributed by atoms with E-state index in [-0.39, 0.29) is 24.9 Å². The topological polar surface area (TPSA) is 144 Å². The second-order valence-corrected chi connectivity index (χ2v) is 13.5. The molecule has 0 saturated carbocycles. The van der Waals surface area contributed by atoms with Crippen molar-refractivity contribution in [3.63, 3.8) is 0 Å². The van der Waals surface area contributed by atoms with E-state index in [1.807, 2.05) is 91.0 Å². The Morgan fingerprint density at radius 1 is 0.840 bits per heavy atom. The molecule has 12 nitrogen and oxygen atoms in total. The quantitative estimate of drug-likeness (QED) is 0.168. The van der Waals surface area contributed by atoms with Crippen LogP contribution < -0.4 is 16.0 Å². The zero-order valence-corrected chi connectivity index (χ0v) is 29.4. The van der Waals surface area contributed by atoms with Crippen LogP contribution >= 0.6 is 0 Å². The number of carbonyl (C=O) groups is 4. The molecule has 4 amide bonds. The van der Waals surface area contributed by atoms with Gasteiger partial charge in [-0.3, -0.25) is 14.4 Å². The Balaban J connectivity index is 1.51. The first kappa shape index (κ1) is 37.3. The molecule has 0 saturated heterocycles. The Bertz CT molecular complexity index is 1720. The Morgan fingerprint density at radius 2 is 1.42 bits per heavy atom. The number of aromatic nitrogens is 2. The maximum absolute atomic E-state index is 13.9. The average Bonchev–Trinajstić information content (AvgIpc) is 3.52. The molecular formula is C38H46N6O6. The fourth-order valence-electron chi connectivity index (χ4n) is 4.98. The van der Waals surface area contributed by atoms with Crippen molar-refractivity contribution in [2.24, 2.45) is 0 Å². The molecule has 4 rings (SSSR count). The summed E-state index contributed by atoms with van der Waals surface area (Å²) in [5.41, 5.74) is 0.414. The van der Waals surface area contributed by atoms with Gasteiger partial charge in [0, 0.05) is 19.8 Å². The molecule has 1 aromatic heterocycles. The van der Waals surface area contributed by atoms with Crippen molar-refractivity contribution >= 4 is 29.6 Å². The first-order valence-corrected chi connectivity index (χ1v) is 16.3. The van der Waals surface area contributed by atoms with Gasteiger partial charge >= 0.3 is 6.09 Å². The van der Waals surface area contributed by atoms with E-state index < -0.39 is 41.1 Å². The van der Waals surface area contributed by atoms with Crippen molar-refractivity contribution in [2.45, 2.75) is 71.0 Å². The van der Waals surface area contributed by atoms with Gasteiger partial charge in [0.2, 0.25) is 11.8 Å². The highest BCUT2D eigenvalue weighted by molar-refractivity contribution is 5.98. The number of likely N-dealkylation sites (N-methyl/N-ethyl adjacent to an activating group) is 1. The summed E-state index contributed by atoms with van der Waals surface area (Å²) in [7, 11) is 1.74. The lowest BCUT2D eigenvalue weighted by molar-refractivity contribution is -0.132. The van der Waals surface area contributed by atoms with E-state index in [0.717, 1.165) is 16.7 Å². The van der Waals surface area contributed by atoms with Crippen LogP contribution in [0.2, 0.25) is 0 Å². The summed E-state index contributed by atoms with van der Waals surface area (Å²) < 4.78 is 12.8. The molecule has 0 bridgehead atoms. The molecule has 2 unspecified atom stereocenters. The summed E-state index contributed by atoms with van der Waals surface area (Å²) in [5, 5.41) is 8.01.